The summed E-state index contributed by atoms with van der Waals surface area (Å²) in [5, 5.41) is 4.92. The normalized spacial score (nSPS) is 10.8. The molecule has 0 unspecified atom stereocenters. The largest absolute Gasteiger partial charge is 0.487 e. The highest BCUT2D eigenvalue weighted by Crippen LogP contribution is 2.24. The second kappa shape index (κ2) is 5.63. The number of halogens is 1. The summed E-state index contributed by atoms with van der Waals surface area (Å²) in [4.78, 5) is 0. The zero-order valence-electron chi connectivity index (χ0n) is 11.4. The van der Waals surface area contributed by atoms with Gasteiger partial charge in [-0.05, 0) is 19.9 Å². The lowest BCUT2D eigenvalue weighted by Gasteiger charge is -2.11. The number of rotatable bonds is 4. The van der Waals surface area contributed by atoms with E-state index < -0.39 is 0 Å². The van der Waals surface area contributed by atoms with Crippen molar-refractivity contribution in [3.63, 3.8) is 0 Å². The molecule has 4 nitrogen and oxygen atoms in total. The van der Waals surface area contributed by atoms with Gasteiger partial charge in [-0.15, -0.1) is 0 Å². The highest BCUT2D eigenvalue weighted by atomic mass is 35.5. The minimum atomic E-state index is 0.381. The lowest BCUT2D eigenvalue weighted by Crippen LogP contribution is -2.06. The predicted molar refractivity (Wildman–Crippen MR) is 76.4 cm³/mol. The van der Waals surface area contributed by atoms with Gasteiger partial charge in [-0.2, -0.15) is 5.10 Å². The van der Waals surface area contributed by atoms with Gasteiger partial charge in [-0.3, -0.25) is 4.68 Å². The van der Waals surface area contributed by atoms with Gasteiger partial charge in [0, 0.05) is 19.2 Å². The summed E-state index contributed by atoms with van der Waals surface area (Å²) in [6, 6.07) is 5.98. The number of nitrogens with two attached hydrogens (primary N) is 1. The molecule has 0 atom stereocenters. The zero-order valence-corrected chi connectivity index (χ0v) is 12.2. The third kappa shape index (κ3) is 2.91. The van der Waals surface area contributed by atoms with E-state index in [1.807, 2.05) is 39.1 Å². The number of aryl methyl sites for hydroxylation is 3. The Kier molecular flexibility index (Phi) is 4.12. The molecule has 0 aliphatic heterocycles. The maximum atomic E-state index is 6.19. The Morgan fingerprint density at radius 3 is 2.68 bits per heavy atom. The van der Waals surface area contributed by atoms with Crippen molar-refractivity contribution in [2.24, 2.45) is 12.8 Å². The number of hydrogen-bond acceptors (Lipinski definition) is 3. The molecular weight excluding hydrogens is 262 g/mol. The van der Waals surface area contributed by atoms with E-state index in [1.54, 1.807) is 4.68 Å². The van der Waals surface area contributed by atoms with Crippen LogP contribution in [0.2, 0.25) is 5.02 Å². The lowest BCUT2D eigenvalue weighted by molar-refractivity contribution is 0.292. The Morgan fingerprint density at radius 1 is 1.37 bits per heavy atom. The van der Waals surface area contributed by atoms with E-state index in [0.29, 0.717) is 18.2 Å². The maximum absolute atomic E-state index is 6.19. The topological polar surface area (TPSA) is 53.1 Å². The third-order valence-electron chi connectivity index (χ3n) is 3.06. The van der Waals surface area contributed by atoms with Crippen LogP contribution in [-0.4, -0.2) is 9.78 Å². The average molecular weight is 280 g/mol. The summed E-state index contributed by atoms with van der Waals surface area (Å²) in [7, 11) is 1.86. The fraction of sp³-hybridized carbons (Fsp3) is 0.357. The van der Waals surface area contributed by atoms with Gasteiger partial charge in [0.1, 0.15) is 12.4 Å². The fourth-order valence-electron chi connectivity index (χ4n) is 1.99. The number of hydrogen-bond donors (Lipinski definition) is 1. The second-order valence-electron chi connectivity index (χ2n) is 4.57. The Morgan fingerprint density at radius 2 is 2.11 bits per heavy atom. The first-order valence-electron chi connectivity index (χ1n) is 6.13. The second-order valence-corrected chi connectivity index (χ2v) is 4.95. The van der Waals surface area contributed by atoms with Gasteiger partial charge >= 0.3 is 0 Å². The summed E-state index contributed by atoms with van der Waals surface area (Å²) in [5.74, 6) is 0.794. The summed E-state index contributed by atoms with van der Waals surface area (Å²) < 4.78 is 7.56. The van der Waals surface area contributed by atoms with Crippen molar-refractivity contribution in [3.05, 3.63) is 45.7 Å². The summed E-state index contributed by atoms with van der Waals surface area (Å²) in [6.45, 7) is 4.74. The van der Waals surface area contributed by atoms with Crippen LogP contribution >= 0.6 is 11.6 Å². The van der Waals surface area contributed by atoms with E-state index >= 15 is 0 Å². The van der Waals surface area contributed by atoms with Gasteiger partial charge in [0.25, 0.3) is 0 Å². The Bertz CT molecular complexity index is 593. The number of benzene rings is 1. The molecule has 1 heterocycles. The molecule has 19 heavy (non-hydrogen) atoms. The SMILES string of the molecule is Cc1ccc(OCc2c(Cl)c(C)nn2C)c(CN)c1. The molecule has 5 heteroatoms. The molecule has 102 valence electrons. The highest BCUT2D eigenvalue weighted by Gasteiger charge is 2.12. The molecule has 0 aliphatic rings. The van der Waals surface area contributed by atoms with Gasteiger partial charge in [-0.25, -0.2) is 0 Å². The molecule has 0 saturated carbocycles. The smallest absolute Gasteiger partial charge is 0.131 e. The molecule has 1 aromatic heterocycles. The van der Waals surface area contributed by atoms with Gasteiger partial charge in [0.05, 0.1) is 16.4 Å². The van der Waals surface area contributed by atoms with Crippen molar-refractivity contribution in [2.45, 2.75) is 27.0 Å². The van der Waals surface area contributed by atoms with Crippen molar-refractivity contribution < 1.29 is 4.74 Å². The molecule has 0 saturated heterocycles. The first-order chi connectivity index (χ1) is 9.02. The lowest BCUT2D eigenvalue weighted by atomic mass is 10.1. The molecular formula is C14H18ClN3O. The van der Waals surface area contributed by atoms with E-state index in [1.165, 1.54) is 5.56 Å². The van der Waals surface area contributed by atoms with Gasteiger partial charge in [0.15, 0.2) is 0 Å². The van der Waals surface area contributed by atoms with Crippen LogP contribution in [-0.2, 0) is 20.2 Å². The minimum absolute atomic E-state index is 0.381. The first-order valence-corrected chi connectivity index (χ1v) is 6.51. The monoisotopic (exact) mass is 279 g/mol. The first kappa shape index (κ1) is 13.9. The Hall–Kier alpha value is -1.52. The summed E-state index contributed by atoms with van der Waals surface area (Å²) >= 11 is 6.19. The van der Waals surface area contributed by atoms with Crippen LogP contribution in [0.1, 0.15) is 22.5 Å². The average Bonchev–Trinajstić information content (AvgIpc) is 2.62. The van der Waals surface area contributed by atoms with Gasteiger partial charge < -0.3 is 10.5 Å². The zero-order chi connectivity index (χ0) is 14.0. The summed E-state index contributed by atoms with van der Waals surface area (Å²) in [6.07, 6.45) is 0. The van der Waals surface area contributed by atoms with E-state index in [9.17, 15) is 0 Å². The van der Waals surface area contributed by atoms with E-state index in [0.717, 1.165) is 22.7 Å². The van der Waals surface area contributed by atoms with Crippen LogP contribution in [0.4, 0.5) is 0 Å². The van der Waals surface area contributed by atoms with Crippen molar-refractivity contribution in [1.29, 1.82) is 0 Å². The van der Waals surface area contributed by atoms with Crippen molar-refractivity contribution in [1.82, 2.24) is 9.78 Å². The van der Waals surface area contributed by atoms with Crippen LogP contribution in [0.25, 0.3) is 0 Å². The van der Waals surface area contributed by atoms with Crippen LogP contribution < -0.4 is 10.5 Å². The molecule has 1 aromatic carbocycles. The Balaban J connectivity index is 2.19. The molecule has 0 radical (unpaired) electrons. The molecule has 0 fully saturated rings. The van der Waals surface area contributed by atoms with Crippen molar-refractivity contribution >= 4 is 11.6 Å². The predicted octanol–water partition coefficient (Wildman–Crippen LogP) is 2.73. The quantitative estimate of drug-likeness (QED) is 0.936. The van der Waals surface area contributed by atoms with Crippen LogP contribution in [0, 0.1) is 13.8 Å². The van der Waals surface area contributed by atoms with Crippen LogP contribution in [0.5, 0.6) is 5.75 Å². The molecule has 0 bridgehead atoms. The molecule has 2 rings (SSSR count). The fourth-order valence-corrected chi connectivity index (χ4v) is 2.21. The van der Waals surface area contributed by atoms with Crippen LogP contribution in [0.15, 0.2) is 18.2 Å². The molecule has 0 spiro atoms. The number of nitrogens with zero attached hydrogens (tertiary/aromatic N) is 2. The maximum Gasteiger partial charge on any atom is 0.131 e. The Labute approximate surface area is 118 Å². The number of ether oxygens (including phenoxy) is 1. The molecule has 2 aromatic rings. The van der Waals surface area contributed by atoms with E-state index in [2.05, 4.69) is 5.10 Å². The summed E-state index contributed by atoms with van der Waals surface area (Å²) in [5.41, 5.74) is 9.57. The third-order valence-corrected chi connectivity index (χ3v) is 3.55. The molecule has 0 aliphatic carbocycles. The van der Waals surface area contributed by atoms with Crippen molar-refractivity contribution in [3.8, 4) is 5.75 Å². The van der Waals surface area contributed by atoms with E-state index in [-0.39, 0.29) is 0 Å². The van der Waals surface area contributed by atoms with Crippen molar-refractivity contribution in [2.75, 3.05) is 0 Å². The highest BCUT2D eigenvalue weighted by molar-refractivity contribution is 6.31. The molecule has 2 N–H and O–H groups in total. The van der Waals surface area contributed by atoms with Crippen LogP contribution in [0.3, 0.4) is 0 Å². The minimum Gasteiger partial charge on any atom is -0.487 e. The number of aromatic nitrogens is 2. The molecule has 0 amide bonds. The van der Waals surface area contributed by atoms with E-state index in [4.69, 9.17) is 22.1 Å². The van der Waals surface area contributed by atoms with Gasteiger partial charge in [-0.1, -0.05) is 29.3 Å². The van der Waals surface area contributed by atoms with Gasteiger partial charge in [0.2, 0.25) is 0 Å². The standard InChI is InChI=1S/C14H18ClN3O/c1-9-4-5-13(11(6-9)7-16)19-8-12-14(15)10(2)17-18(12)3/h4-6H,7-8,16H2,1-3H3.